The lowest BCUT2D eigenvalue weighted by atomic mass is 10.8. The van der Waals surface area contributed by atoms with Crippen molar-refractivity contribution in [3.05, 3.63) is 0 Å². The zero-order valence-electron chi connectivity index (χ0n) is 9.18. The molecule has 0 saturated carbocycles. The molecule has 0 aromatic rings. The van der Waals surface area contributed by atoms with E-state index < -0.39 is 16.5 Å². The summed E-state index contributed by atoms with van der Waals surface area (Å²) in [5.41, 5.74) is 0. The Hall–Kier alpha value is -0.136. The van der Waals surface area contributed by atoms with Crippen LogP contribution in [0, 0.1) is 0 Å². The molecule has 1 aliphatic rings. The Kier molecular flexibility index (Phi) is 2.71. The Morgan fingerprint density at radius 3 is 1.85 bits per heavy atom. The maximum atomic E-state index is 11.0. The van der Waals surface area contributed by atoms with Gasteiger partial charge >= 0.3 is 5.97 Å². The molecule has 0 N–H and O–H groups in total. The van der Waals surface area contributed by atoms with E-state index in [1.807, 2.05) is 0 Å². The highest BCUT2D eigenvalue weighted by atomic mass is 28.4. The van der Waals surface area contributed by atoms with Gasteiger partial charge in [0.2, 0.25) is 0 Å². The second-order valence-electron chi connectivity index (χ2n) is 5.00. The van der Waals surface area contributed by atoms with E-state index in [2.05, 4.69) is 30.6 Å². The Labute approximate surface area is 82.2 Å². The van der Waals surface area contributed by atoms with Crippen LogP contribution in [0.15, 0.2) is 0 Å². The van der Waals surface area contributed by atoms with Gasteiger partial charge < -0.3 is 4.84 Å². The SMILES string of the molecule is CC(=O)ON1[Si](C)(C)CC[Si]1(C)C. The largest absolute Gasteiger partial charge is 0.383 e. The van der Waals surface area contributed by atoms with E-state index >= 15 is 0 Å². The van der Waals surface area contributed by atoms with Gasteiger partial charge in [-0.1, -0.05) is 26.2 Å². The Balaban J connectivity index is 2.81. The predicted octanol–water partition coefficient (Wildman–Crippen LogP) is 2.19. The molecule has 0 aliphatic carbocycles. The van der Waals surface area contributed by atoms with Crippen LogP contribution in [0.1, 0.15) is 6.92 Å². The maximum absolute atomic E-state index is 11.0. The molecule has 0 bridgehead atoms. The van der Waals surface area contributed by atoms with E-state index in [9.17, 15) is 4.79 Å². The average molecular weight is 217 g/mol. The first-order valence-electron chi connectivity index (χ1n) is 4.75. The lowest BCUT2D eigenvalue weighted by Gasteiger charge is -2.35. The third-order valence-electron chi connectivity index (χ3n) is 2.67. The average Bonchev–Trinajstić information content (AvgIpc) is 2.12. The topological polar surface area (TPSA) is 29.5 Å². The van der Waals surface area contributed by atoms with Crippen LogP contribution in [0.4, 0.5) is 0 Å². The van der Waals surface area contributed by atoms with Gasteiger partial charge in [-0.05, 0) is 12.1 Å². The van der Waals surface area contributed by atoms with Crippen LogP contribution in [0.25, 0.3) is 0 Å². The van der Waals surface area contributed by atoms with Gasteiger partial charge in [-0.2, -0.15) is 4.39 Å². The first-order valence-corrected chi connectivity index (χ1v) is 11.1. The molecule has 3 nitrogen and oxygen atoms in total. The van der Waals surface area contributed by atoms with Crippen molar-refractivity contribution in [3.63, 3.8) is 0 Å². The van der Waals surface area contributed by atoms with Gasteiger partial charge in [0.05, 0.1) is 0 Å². The van der Waals surface area contributed by atoms with Crippen molar-refractivity contribution in [1.29, 1.82) is 0 Å². The van der Waals surface area contributed by atoms with Crippen molar-refractivity contribution in [2.24, 2.45) is 0 Å². The van der Waals surface area contributed by atoms with Crippen LogP contribution in [-0.4, -0.2) is 26.8 Å². The summed E-state index contributed by atoms with van der Waals surface area (Å²) < 4.78 is 2.11. The van der Waals surface area contributed by atoms with Crippen molar-refractivity contribution in [1.82, 2.24) is 4.39 Å². The molecule has 0 atom stereocenters. The first kappa shape index (κ1) is 10.9. The quantitative estimate of drug-likeness (QED) is 0.631. The van der Waals surface area contributed by atoms with Crippen LogP contribution in [0.3, 0.4) is 0 Å². The van der Waals surface area contributed by atoms with Crippen LogP contribution in [0.5, 0.6) is 0 Å². The summed E-state index contributed by atoms with van der Waals surface area (Å²) in [6.07, 6.45) is 0. The maximum Gasteiger partial charge on any atom is 0.320 e. The van der Waals surface area contributed by atoms with Gasteiger partial charge in [0, 0.05) is 6.92 Å². The molecule has 0 spiro atoms. The van der Waals surface area contributed by atoms with Gasteiger partial charge in [-0.25, -0.2) is 0 Å². The number of carbonyl (C=O) groups is 1. The van der Waals surface area contributed by atoms with Gasteiger partial charge in [-0.15, -0.1) is 0 Å². The Morgan fingerprint density at radius 2 is 1.54 bits per heavy atom. The summed E-state index contributed by atoms with van der Waals surface area (Å²) in [5.74, 6) is -0.164. The molecule has 76 valence electrons. The highest BCUT2D eigenvalue weighted by Gasteiger charge is 2.50. The molecule has 1 fully saturated rings. The molecule has 1 aliphatic heterocycles. The summed E-state index contributed by atoms with van der Waals surface area (Å²) in [5, 5.41) is 0. The second-order valence-corrected chi connectivity index (χ2v) is 14.5. The number of hydrogen-bond donors (Lipinski definition) is 0. The zero-order valence-corrected chi connectivity index (χ0v) is 11.2. The van der Waals surface area contributed by atoms with E-state index in [0.717, 1.165) is 0 Å². The van der Waals surface area contributed by atoms with Crippen LogP contribution in [0.2, 0.25) is 38.3 Å². The Morgan fingerprint density at radius 1 is 1.15 bits per heavy atom. The zero-order chi connectivity index (χ0) is 10.3. The minimum absolute atomic E-state index is 0.164. The molecular formula is C8H19NO2Si2. The van der Waals surface area contributed by atoms with Crippen molar-refractivity contribution in [3.8, 4) is 0 Å². The summed E-state index contributed by atoms with van der Waals surface area (Å²) in [6, 6.07) is 2.53. The third kappa shape index (κ3) is 2.21. The monoisotopic (exact) mass is 217 g/mol. The predicted molar refractivity (Wildman–Crippen MR) is 58.2 cm³/mol. The fraction of sp³-hybridized carbons (Fsp3) is 0.875. The van der Waals surface area contributed by atoms with E-state index in [-0.39, 0.29) is 5.97 Å². The highest BCUT2D eigenvalue weighted by Crippen LogP contribution is 2.36. The molecule has 0 aromatic carbocycles. The molecule has 0 radical (unpaired) electrons. The Bertz CT molecular complexity index is 212. The number of rotatable bonds is 1. The van der Waals surface area contributed by atoms with Gasteiger partial charge in [0.25, 0.3) is 0 Å². The van der Waals surface area contributed by atoms with E-state index in [0.29, 0.717) is 0 Å². The van der Waals surface area contributed by atoms with Gasteiger partial charge in [0.1, 0.15) is 0 Å². The summed E-state index contributed by atoms with van der Waals surface area (Å²) >= 11 is 0. The molecule has 0 unspecified atom stereocenters. The normalized spacial score (nSPS) is 25.9. The third-order valence-corrected chi connectivity index (χ3v) is 12.1. The van der Waals surface area contributed by atoms with Crippen molar-refractivity contribution < 1.29 is 9.63 Å². The number of hydrogen-bond acceptors (Lipinski definition) is 3. The van der Waals surface area contributed by atoms with E-state index in [4.69, 9.17) is 4.84 Å². The lowest BCUT2D eigenvalue weighted by molar-refractivity contribution is -0.158. The minimum atomic E-state index is -1.42. The summed E-state index contributed by atoms with van der Waals surface area (Å²) in [4.78, 5) is 16.3. The molecule has 1 saturated heterocycles. The second kappa shape index (κ2) is 3.22. The van der Waals surface area contributed by atoms with E-state index in [1.165, 1.54) is 19.0 Å². The summed E-state index contributed by atoms with van der Waals surface area (Å²) in [6.45, 7) is 10.6. The molecule has 5 heteroatoms. The molecule has 0 amide bonds. The number of nitrogens with zero attached hydrogens (tertiary/aromatic N) is 1. The molecule has 0 aromatic heterocycles. The molecule has 1 rings (SSSR count). The smallest absolute Gasteiger partial charge is 0.320 e. The van der Waals surface area contributed by atoms with Crippen molar-refractivity contribution in [2.45, 2.75) is 45.2 Å². The molecule has 13 heavy (non-hydrogen) atoms. The van der Waals surface area contributed by atoms with E-state index in [1.54, 1.807) is 0 Å². The van der Waals surface area contributed by atoms with Crippen molar-refractivity contribution in [2.75, 3.05) is 0 Å². The standard InChI is InChI=1S/C8H19NO2Si2/c1-8(10)11-9-12(2,3)6-7-13(9,4)5/h6-7H2,1-5H3. The van der Waals surface area contributed by atoms with Crippen molar-refractivity contribution >= 4 is 22.4 Å². The van der Waals surface area contributed by atoms with Crippen LogP contribution in [-0.2, 0) is 9.63 Å². The molecule has 1 heterocycles. The summed E-state index contributed by atoms with van der Waals surface area (Å²) in [7, 11) is -2.83. The molecular weight excluding hydrogens is 198 g/mol. The lowest BCUT2D eigenvalue weighted by Crippen LogP contribution is -2.55. The fourth-order valence-electron chi connectivity index (χ4n) is 2.01. The van der Waals surface area contributed by atoms with Crippen LogP contribution < -0.4 is 0 Å². The first-order chi connectivity index (χ1) is 5.76. The number of carbonyl (C=O) groups excluding carboxylic acids is 1. The van der Waals surface area contributed by atoms with Gasteiger partial charge in [-0.3, -0.25) is 4.79 Å². The highest BCUT2D eigenvalue weighted by molar-refractivity contribution is 6.94. The fourth-order valence-corrected chi connectivity index (χ4v) is 15.3. The minimum Gasteiger partial charge on any atom is -0.383 e. The van der Waals surface area contributed by atoms with Crippen LogP contribution >= 0.6 is 0 Å². The van der Waals surface area contributed by atoms with Gasteiger partial charge in [0.15, 0.2) is 16.5 Å².